The maximum atomic E-state index is 14.6. The largest absolute Gasteiger partial charge is 0.268 e. The van der Waals surface area contributed by atoms with Gasteiger partial charge >= 0.3 is 0 Å². The van der Waals surface area contributed by atoms with Crippen LogP contribution in [0, 0.1) is 0 Å². The molecule has 6 nitrogen and oxygen atoms in total. The van der Waals surface area contributed by atoms with Crippen LogP contribution in [0.15, 0.2) is 174 Å². The van der Waals surface area contributed by atoms with Crippen LogP contribution in [0.2, 0.25) is 0 Å². The fourth-order valence-electron chi connectivity index (χ4n) is 8.14. The second-order valence-electron chi connectivity index (χ2n) is 14.5. The van der Waals surface area contributed by atoms with E-state index < -0.39 is 23.6 Å². The maximum absolute atomic E-state index is 14.6. The zero-order chi connectivity index (χ0) is 39.3. The number of nitrogens with zero attached hydrogens (tertiary/aromatic N) is 2. The van der Waals surface area contributed by atoms with Crippen molar-refractivity contribution in [1.82, 2.24) is 0 Å². The van der Waals surface area contributed by atoms with Gasteiger partial charge in [-0.2, -0.15) is 0 Å². The summed E-state index contributed by atoms with van der Waals surface area (Å²) in [6.45, 7) is 0. The van der Waals surface area contributed by atoms with Crippen LogP contribution in [0.3, 0.4) is 0 Å². The first-order chi connectivity index (χ1) is 28.4. The molecule has 6 aromatic carbocycles. The molecule has 10 rings (SSSR count). The zero-order valence-corrected chi connectivity index (χ0v) is 32.8. The van der Waals surface area contributed by atoms with Crippen LogP contribution >= 0.6 is 23.5 Å². The van der Waals surface area contributed by atoms with Crippen LogP contribution in [0.5, 0.6) is 0 Å². The van der Waals surface area contributed by atoms with Gasteiger partial charge in [-0.25, -0.2) is 9.80 Å². The van der Waals surface area contributed by atoms with Crippen LogP contribution in [0.1, 0.15) is 76.0 Å². The third-order valence-corrected chi connectivity index (χ3v) is 13.3. The molecular formula is C50H34N2O4S2. The van der Waals surface area contributed by atoms with Crippen molar-refractivity contribution in [2.75, 3.05) is 9.80 Å². The molecule has 2 heterocycles. The number of hydrogen-bond acceptors (Lipinski definition) is 6. The van der Waals surface area contributed by atoms with Crippen LogP contribution in [0.4, 0.5) is 11.4 Å². The lowest BCUT2D eigenvalue weighted by Crippen LogP contribution is -2.43. The Hall–Kier alpha value is -6.48. The number of carbonyl (C=O) groups is 4. The molecule has 4 amide bonds. The summed E-state index contributed by atoms with van der Waals surface area (Å²) in [5.74, 6) is -0.596. The normalized spacial score (nSPS) is 15.7. The summed E-state index contributed by atoms with van der Waals surface area (Å²) in [5.41, 5.74) is 7.49. The first-order valence-electron chi connectivity index (χ1n) is 19.2. The summed E-state index contributed by atoms with van der Waals surface area (Å²) in [6.07, 6.45) is 15.5. The highest BCUT2D eigenvalue weighted by molar-refractivity contribution is 7.99. The van der Waals surface area contributed by atoms with E-state index in [0.717, 1.165) is 44.0 Å². The van der Waals surface area contributed by atoms with E-state index in [1.165, 1.54) is 9.80 Å². The standard InChI is InChI=1S/C50H34N2O4S2/c53-47-37-21-23-39-46-40(50(56)52(49(39)55)42-26-20-36(34-17-9-10-18-34)28-44(42)58-30-32-13-5-2-6-14-32)24-22-38(45(37)46)48(54)51(47)41-25-19-35(33-15-7-8-16-33)27-43(41)57-29-31-11-3-1-4-12-31/h1-9,11-28,33H,10,29-30H2. The number of thioether (sulfide) groups is 2. The Kier molecular flexibility index (Phi) is 9.16. The van der Waals surface area contributed by atoms with E-state index in [1.54, 1.807) is 47.8 Å². The van der Waals surface area contributed by atoms with Gasteiger partial charge in [0, 0.05) is 60.2 Å². The third-order valence-electron chi connectivity index (χ3n) is 11.0. The molecule has 0 fully saturated rings. The van der Waals surface area contributed by atoms with Crippen LogP contribution in [-0.4, -0.2) is 23.6 Å². The second kappa shape index (κ2) is 14.8. The molecular weight excluding hydrogens is 757 g/mol. The van der Waals surface area contributed by atoms with E-state index in [9.17, 15) is 19.2 Å². The molecule has 0 saturated heterocycles. The third kappa shape index (κ3) is 6.16. The first kappa shape index (κ1) is 35.9. The molecule has 0 atom stereocenters. The predicted octanol–water partition coefficient (Wildman–Crippen LogP) is 11.6. The Bertz CT molecular complexity index is 2780. The van der Waals surface area contributed by atoms with E-state index in [4.69, 9.17) is 0 Å². The van der Waals surface area contributed by atoms with Crippen molar-refractivity contribution in [1.29, 1.82) is 0 Å². The van der Waals surface area contributed by atoms with Gasteiger partial charge < -0.3 is 0 Å². The Morgan fingerprint density at radius 1 is 0.534 bits per heavy atom. The van der Waals surface area contributed by atoms with Gasteiger partial charge in [0.1, 0.15) is 0 Å². The molecule has 0 spiro atoms. The Morgan fingerprint density at radius 2 is 1.02 bits per heavy atom. The SMILES string of the molecule is O=C1c2ccc3c4c(ccc(c24)C(=O)N1c1ccc(C2=CCC=C2)cc1SCc1ccccc1)C(=O)N(c1ccc(C2C=CC=C2)cc1SCc1ccccc1)C3=O. The van der Waals surface area contributed by atoms with Gasteiger partial charge in [0.05, 0.1) is 11.4 Å². The Balaban J connectivity index is 1.03. The van der Waals surface area contributed by atoms with Crippen LogP contribution < -0.4 is 9.80 Å². The number of benzene rings is 6. The molecule has 0 unspecified atom stereocenters. The molecule has 0 radical (unpaired) electrons. The minimum Gasteiger partial charge on any atom is -0.268 e. The Morgan fingerprint density at radius 3 is 1.50 bits per heavy atom. The molecule has 0 saturated carbocycles. The van der Waals surface area contributed by atoms with Gasteiger partial charge in [0.25, 0.3) is 23.6 Å². The molecule has 2 aliphatic carbocycles. The Labute approximate surface area is 344 Å². The number of allylic oxidation sites excluding steroid dienone is 8. The van der Waals surface area contributed by atoms with Crippen molar-refractivity contribution in [2.24, 2.45) is 0 Å². The molecule has 280 valence electrons. The van der Waals surface area contributed by atoms with Gasteiger partial charge in [-0.05, 0) is 82.8 Å². The number of amides is 4. The maximum Gasteiger partial charge on any atom is 0.266 e. The van der Waals surface area contributed by atoms with Crippen molar-refractivity contribution in [2.45, 2.75) is 33.6 Å². The van der Waals surface area contributed by atoms with E-state index in [1.807, 2.05) is 78.9 Å². The number of imide groups is 2. The minimum atomic E-state index is -0.497. The molecule has 0 N–H and O–H groups in total. The molecule has 6 aromatic rings. The topological polar surface area (TPSA) is 74.8 Å². The van der Waals surface area contributed by atoms with E-state index in [2.05, 4.69) is 60.7 Å². The van der Waals surface area contributed by atoms with Crippen LogP contribution in [0.25, 0.3) is 16.3 Å². The molecule has 2 aliphatic heterocycles. The van der Waals surface area contributed by atoms with Gasteiger partial charge in [-0.15, -0.1) is 23.5 Å². The molecule has 0 aromatic heterocycles. The monoisotopic (exact) mass is 790 g/mol. The highest BCUT2D eigenvalue weighted by Gasteiger charge is 2.42. The van der Waals surface area contributed by atoms with E-state index in [0.29, 0.717) is 33.7 Å². The summed E-state index contributed by atoms with van der Waals surface area (Å²) in [7, 11) is 0. The first-order valence-corrected chi connectivity index (χ1v) is 21.1. The summed E-state index contributed by atoms with van der Waals surface area (Å²) in [4.78, 5) is 62.6. The van der Waals surface area contributed by atoms with E-state index in [-0.39, 0.29) is 28.2 Å². The van der Waals surface area contributed by atoms with Gasteiger partial charge in [0.15, 0.2) is 0 Å². The number of hydrogen-bond donors (Lipinski definition) is 0. The molecule has 58 heavy (non-hydrogen) atoms. The zero-order valence-electron chi connectivity index (χ0n) is 31.1. The fourth-order valence-corrected chi connectivity index (χ4v) is 10.2. The second-order valence-corrected chi connectivity index (χ2v) is 16.5. The predicted molar refractivity (Wildman–Crippen MR) is 234 cm³/mol. The smallest absolute Gasteiger partial charge is 0.266 e. The molecule has 4 aliphatic rings. The number of anilines is 2. The lowest BCUT2D eigenvalue weighted by atomic mass is 9.85. The molecule has 0 bridgehead atoms. The highest BCUT2D eigenvalue weighted by Crippen LogP contribution is 2.45. The fraction of sp³-hybridized carbons (Fsp3) is 0.0800. The quantitative estimate of drug-likeness (QED) is 0.102. The van der Waals surface area contributed by atoms with Crippen molar-refractivity contribution in [3.05, 3.63) is 208 Å². The van der Waals surface area contributed by atoms with Crippen molar-refractivity contribution < 1.29 is 19.2 Å². The van der Waals surface area contributed by atoms with Gasteiger partial charge in [-0.1, -0.05) is 115 Å². The summed E-state index contributed by atoms with van der Waals surface area (Å²) < 4.78 is 0. The molecule has 8 heteroatoms. The number of rotatable bonds is 10. The van der Waals surface area contributed by atoms with Crippen molar-refractivity contribution in [3.8, 4) is 0 Å². The summed E-state index contributed by atoms with van der Waals surface area (Å²) in [6, 6.07) is 38.4. The van der Waals surface area contributed by atoms with Crippen LogP contribution in [-0.2, 0) is 11.5 Å². The lowest BCUT2D eigenvalue weighted by molar-refractivity contribution is 0.0872. The summed E-state index contributed by atoms with van der Waals surface area (Å²) in [5, 5.41) is 0.681. The highest BCUT2D eigenvalue weighted by atomic mass is 32.2. The average Bonchev–Trinajstić information content (AvgIpc) is 4.01. The average molecular weight is 791 g/mol. The number of carbonyl (C=O) groups excluding carboxylic acids is 4. The van der Waals surface area contributed by atoms with Crippen molar-refractivity contribution >= 4 is 74.9 Å². The van der Waals surface area contributed by atoms with E-state index >= 15 is 0 Å². The summed E-state index contributed by atoms with van der Waals surface area (Å²) >= 11 is 3.15. The van der Waals surface area contributed by atoms with Gasteiger partial charge in [-0.3, -0.25) is 19.2 Å². The minimum absolute atomic E-state index is 0.0997. The van der Waals surface area contributed by atoms with Crippen molar-refractivity contribution in [3.63, 3.8) is 0 Å². The van der Waals surface area contributed by atoms with Gasteiger partial charge in [0.2, 0.25) is 0 Å². The lowest BCUT2D eigenvalue weighted by Gasteiger charge is -2.33.